The minimum Gasteiger partial charge on any atom is -0.336 e. The Balaban J connectivity index is 1.60. The van der Waals surface area contributed by atoms with Crippen molar-refractivity contribution in [3.8, 4) is 0 Å². The first-order valence-electron chi connectivity index (χ1n) is 9.49. The number of carbonyl (C=O) groups excluding carboxylic acids is 2. The number of anilines is 1. The van der Waals surface area contributed by atoms with Crippen LogP contribution in [0, 0.1) is 0 Å². The number of rotatable bonds is 3. The smallest absolute Gasteiger partial charge is 0.256 e. The molecule has 0 aliphatic carbocycles. The molecule has 0 spiro atoms. The summed E-state index contributed by atoms with van der Waals surface area (Å²) in [4.78, 5) is 30.0. The van der Waals surface area contributed by atoms with E-state index in [9.17, 15) is 9.59 Å². The van der Waals surface area contributed by atoms with Gasteiger partial charge in [0.05, 0.1) is 11.3 Å². The van der Waals surface area contributed by atoms with E-state index in [1.807, 2.05) is 59.5 Å². The second-order valence-corrected chi connectivity index (χ2v) is 7.12. The van der Waals surface area contributed by atoms with Crippen LogP contribution in [0.4, 0.5) is 5.69 Å². The summed E-state index contributed by atoms with van der Waals surface area (Å²) in [7, 11) is 2.06. The van der Waals surface area contributed by atoms with Crippen LogP contribution in [0.3, 0.4) is 0 Å². The number of fused-ring (bicyclic) bond motifs is 1. The van der Waals surface area contributed by atoms with E-state index in [2.05, 4.69) is 17.3 Å². The fourth-order valence-electron chi connectivity index (χ4n) is 3.57. The Bertz CT molecular complexity index is 1020. The Morgan fingerprint density at radius 3 is 2.25 bits per heavy atom. The maximum absolute atomic E-state index is 13.0. The summed E-state index contributed by atoms with van der Waals surface area (Å²) < 4.78 is 0. The number of hydrogen-bond donors (Lipinski definition) is 1. The first-order valence-corrected chi connectivity index (χ1v) is 9.49. The Morgan fingerprint density at radius 2 is 1.43 bits per heavy atom. The molecule has 1 saturated heterocycles. The van der Waals surface area contributed by atoms with E-state index in [1.165, 1.54) is 0 Å². The molecule has 5 heteroatoms. The fourth-order valence-corrected chi connectivity index (χ4v) is 3.57. The molecule has 3 aromatic rings. The quantitative estimate of drug-likeness (QED) is 0.765. The molecule has 1 fully saturated rings. The molecular weight excluding hydrogens is 350 g/mol. The maximum atomic E-state index is 13.0. The van der Waals surface area contributed by atoms with Gasteiger partial charge in [-0.2, -0.15) is 0 Å². The summed E-state index contributed by atoms with van der Waals surface area (Å²) in [5, 5.41) is 4.86. The highest BCUT2D eigenvalue weighted by molar-refractivity contribution is 6.14. The van der Waals surface area contributed by atoms with E-state index in [4.69, 9.17) is 0 Å². The van der Waals surface area contributed by atoms with Crippen LogP contribution in [0.1, 0.15) is 20.7 Å². The highest BCUT2D eigenvalue weighted by Crippen LogP contribution is 2.22. The monoisotopic (exact) mass is 373 g/mol. The second kappa shape index (κ2) is 7.82. The zero-order valence-corrected chi connectivity index (χ0v) is 15.9. The van der Waals surface area contributed by atoms with Crippen molar-refractivity contribution in [2.75, 3.05) is 38.5 Å². The number of para-hydroxylation sites is 1. The number of carbonyl (C=O) groups is 2. The van der Waals surface area contributed by atoms with Crippen molar-refractivity contribution in [1.82, 2.24) is 9.80 Å². The van der Waals surface area contributed by atoms with Gasteiger partial charge in [-0.1, -0.05) is 48.5 Å². The first-order chi connectivity index (χ1) is 13.6. The minimum atomic E-state index is -0.213. The van der Waals surface area contributed by atoms with Crippen LogP contribution in [-0.4, -0.2) is 54.8 Å². The Kier molecular flexibility index (Phi) is 5.08. The normalized spacial score (nSPS) is 14.8. The molecule has 28 heavy (non-hydrogen) atoms. The van der Waals surface area contributed by atoms with Gasteiger partial charge >= 0.3 is 0 Å². The van der Waals surface area contributed by atoms with E-state index >= 15 is 0 Å². The van der Waals surface area contributed by atoms with Crippen molar-refractivity contribution >= 4 is 28.3 Å². The lowest BCUT2D eigenvalue weighted by Gasteiger charge is -2.32. The van der Waals surface area contributed by atoms with Crippen LogP contribution in [0.25, 0.3) is 10.8 Å². The number of piperazine rings is 1. The highest BCUT2D eigenvalue weighted by atomic mass is 16.2. The number of likely N-dealkylation sites (N-methyl/N-ethyl adjacent to an activating group) is 1. The number of amides is 2. The zero-order chi connectivity index (χ0) is 19.5. The molecule has 0 atom stereocenters. The lowest BCUT2D eigenvalue weighted by atomic mass is 10.0. The van der Waals surface area contributed by atoms with Crippen LogP contribution in [0.5, 0.6) is 0 Å². The van der Waals surface area contributed by atoms with Gasteiger partial charge in [0, 0.05) is 31.7 Å². The molecule has 5 nitrogen and oxygen atoms in total. The Hall–Kier alpha value is -3.18. The third kappa shape index (κ3) is 3.62. The van der Waals surface area contributed by atoms with Crippen molar-refractivity contribution in [3.05, 3.63) is 77.9 Å². The molecule has 1 N–H and O–H groups in total. The van der Waals surface area contributed by atoms with Crippen molar-refractivity contribution in [3.63, 3.8) is 0 Å². The van der Waals surface area contributed by atoms with Gasteiger partial charge in [-0.05, 0) is 36.0 Å². The molecule has 2 amide bonds. The largest absolute Gasteiger partial charge is 0.336 e. The van der Waals surface area contributed by atoms with Crippen LogP contribution in [0.2, 0.25) is 0 Å². The predicted molar refractivity (Wildman–Crippen MR) is 112 cm³/mol. The predicted octanol–water partition coefficient (Wildman–Crippen LogP) is 3.48. The molecular formula is C23H23N3O2. The second-order valence-electron chi connectivity index (χ2n) is 7.12. The van der Waals surface area contributed by atoms with E-state index in [-0.39, 0.29) is 11.8 Å². The number of nitrogens with one attached hydrogen (secondary N) is 1. The van der Waals surface area contributed by atoms with Gasteiger partial charge in [0.25, 0.3) is 11.8 Å². The molecule has 142 valence electrons. The summed E-state index contributed by atoms with van der Waals surface area (Å²) in [6.07, 6.45) is 0. The number of benzene rings is 3. The summed E-state index contributed by atoms with van der Waals surface area (Å²) >= 11 is 0. The average Bonchev–Trinajstić information content (AvgIpc) is 2.74. The Labute approximate surface area is 164 Å². The maximum Gasteiger partial charge on any atom is 0.256 e. The summed E-state index contributed by atoms with van der Waals surface area (Å²) in [6, 6.07) is 20.7. The highest BCUT2D eigenvalue weighted by Gasteiger charge is 2.23. The van der Waals surface area contributed by atoms with Crippen molar-refractivity contribution in [2.24, 2.45) is 0 Å². The van der Waals surface area contributed by atoms with Gasteiger partial charge in [-0.15, -0.1) is 0 Å². The van der Waals surface area contributed by atoms with Gasteiger partial charge in [0.1, 0.15) is 0 Å². The molecule has 0 unspecified atom stereocenters. The molecule has 0 aromatic heterocycles. The van der Waals surface area contributed by atoms with Gasteiger partial charge in [-0.25, -0.2) is 0 Å². The molecule has 4 rings (SSSR count). The molecule has 0 saturated carbocycles. The van der Waals surface area contributed by atoms with Gasteiger partial charge < -0.3 is 15.1 Å². The van der Waals surface area contributed by atoms with Crippen molar-refractivity contribution in [2.45, 2.75) is 0 Å². The summed E-state index contributed by atoms with van der Waals surface area (Å²) in [5.74, 6) is -0.252. The van der Waals surface area contributed by atoms with E-state index in [0.29, 0.717) is 29.9 Å². The molecule has 1 heterocycles. The van der Waals surface area contributed by atoms with Crippen LogP contribution >= 0.6 is 0 Å². The minimum absolute atomic E-state index is 0.0399. The van der Waals surface area contributed by atoms with Gasteiger partial charge in [-0.3, -0.25) is 9.59 Å². The fraction of sp³-hybridized carbons (Fsp3) is 0.217. The van der Waals surface area contributed by atoms with Crippen LogP contribution < -0.4 is 5.32 Å². The molecule has 0 bridgehead atoms. The average molecular weight is 373 g/mol. The molecule has 0 radical (unpaired) electrons. The van der Waals surface area contributed by atoms with E-state index in [1.54, 1.807) is 12.1 Å². The van der Waals surface area contributed by atoms with E-state index < -0.39 is 0 Å². The van der Waals surface area contributed by atoms with Crippen LogP contribution in [0.15, 0.2) is 66.7 Å². The third-order valence-electron chi connectivity index (χ3n) is 5.23. The topological polar surface area (TPSA) is 52.6 Å². The van der Waals surface area contributed by atoms with Crippen LogP contribution in [-0.2, 0) is 0 Å². The first kappa shape index (κ1) is 18.2. The number of hydrogen-bond acceptors (Lipinski definition) is 3. The molecule has 3 aromatic carbocycles. The lowest BCUT2D eigenvalue weighted by molar-refractivity contribution is 0.0665. The number of nitrogens with zero attached hydrogens (tertiary/aromatic N) is 2. The lowest BCUT2D eigenvalue weighted by Crippen LogP contribution is -2.47. The van der Waals surface area contributed by atoms with E-state index in [0.717, 1.165) is 23.9 Å². The summed E-state index contributed by atoms with van der Waals surface area (Å²) in [6.45, 7) is 3.11. The van der Waals surface area contributed by atoms with Crippen molar-refractivity contribution in [1.29, 1.82) is 0 Å². The summed E-state index contributed by atoms with van der Waals surface area (Å²) in [5.41, 5.74) is 1.67. The van der Waals surface area contributed by atoms with Crippen molar-refractivity contribution < 1.29 is 9.59 Å². The third-order valence-corrected chi connectivity index (χ3v) is 5.23. The van der Waals surface area contributed by atoms with Gasteiger partial charge in [0.2, 0.25) is 0 Å². The molecule has 1 aliphatic heterocycles. The Morgan fingerprint density at radius 1 is 0.786 bits per heavy atom. The van der Waals surface area contributed by atoms with Gasteiger partial charge in [0.15, 0.2) is 0 Å². The molecule has 1 aliphatic rings. The SMILES string of the molecule is CN1CCN(C(=O)c2ccccc2NC(=O)c2cccc3ccccc23)CC1. The zero-order valence-electron chi connectivity index (χ0n) is 15.9. The standard InChI is InChI=1S/C23H23N3O2/c1-25-13-15-26(16-14-25)23(28)20-10-4-5-12-21(20)24-22(27)19-11-6-8-17-7-2-3-9-18(17)19/h2-12H,13-16H2,1H3,(H,24,27).